The van der Waals surface area contributed by atoms with E-state index in [4.69, 9.17) is 0 Å². The molecule has 1 aliphatic carbocycles. The number of nitrogens with zero attached hydrogens (tertiary/aromatic N) is 2. The number of piperidine rings is 3. The number of fused-ring (bicyclic) bond motifs is 2. The number of rotatable bonds is 3. The summed E-state index contributed by atoms with van der Waals surface area (Å²) in [4.78, 5) is 17.3. The standard InChI is InChI=1S/C18H23BrN2O/c19-16-7-4-8-21(18(16)22)17-14-9-15(17)12-20(11-14)10-13-5-2-1-3-6-13/h1-3,5-6,14-17H,4,7-12H2. The van der Waals surface area contributed by atoms with Crippen LogP contribution >= 0.6 is 15.9 Å². The highest BCUT2D eigenvalue weighted by Crippen LogP contribution is 2.44. The number of carbonyl (C=O) groups is 1. The third kappa shape index (κ3) is 2.61. The van der Waals surface area contributed by atoms with Crippen LogP contribution in [0.5, 0.6) is 0 Å². The van der Waals surface area contributed by atoms with Crippen molar-refractivity contribution in [2.24, 2.45) is 11.8 Å². The van der Waals surface area contributed by atoms with Gasteiger partial charge in [-0.25, -0.2) is 0 Å². The number of halogens is 1. The molecule has 4 aliphatic rings. The Balaban J connectivity index is 1.39. The predicted molar refractivity (Wildman–Crippen MR) is 90.8 cm³/mol. The molecule has 2 bridgehead atoms. The zero-order valence-corrected chi connectivity index (χ0v) is 14.4. The lowest BCUT2D eigenvalue weighted by atomic mass is 9.65. The van der Waals surface area contributed by atoms with E-state index in [2.05, 4.69) is 56.1 Å². The highest BCUT2D eigenvalue weighted by molar-refractivity contribution is 9.10. The van der Waals surface area contributed by atoms with E-state index in [1.54, 1.807) is 0 Å². The monoisotopic (exact) mass is 362 g/mol. The molecular weight excluding hydrogens is 340 g/mol. The zero-order chi connectivity index (χ0) is 15.1. The van der Waals surface area contributed by atoms with E-state index in [0.717, 1.165) is 39.0 Å². The molecule has 5 rings (SSSR count). The quantitative estimate of drug-likeness (QED) is 0.771. The normalized spacial score (nSPS) is 35.3. The molecule has 1 saturated carbocycles. The Morgan fingerprint density at radius 3 is 2.59 bits per heavy atom. The van der Waals surface area contributed by atoms with Crippen LogP contribution in [-0.2, 0) is 11.3 Å². The lowest BCUT2D eigenvalue weighted by Gasteiger charge is -2.58. The highest BCUT2D eigenvalue weighted by Gasteiger charge is 2.51. The molecular formula is C18H23BrN2O. The van der Waals surface area contributed by atoms with Crippen molar-refractivity contribution in [3.63, 3.8) is 0 Å². The summed E-state index contributed by atoms with van der Waals surface area (Å²) in [5.41, 5.74) is 1.40. The van der Waals surface area contributed by atoms with Gasteiger partial charge in [0.25, 0.3) is 0 Å². The SMILES string of the molecule is O=C1C(Br)CCCN1C1C2CC1CN(Cc1ccccc1)C2. The summed E-state index contributed by atoms with van der Waals surface area (Å²) in [6.45, 7) is 4.31. The number of hydrogen-bond donors (Lipinski definition) is 0. The number of benzene rings is 1. The first-order valence-electron chi connectivity index (χ1n) is 8.43. The predicted octanol–water partition coefficient (Wildman–Crippen LogP) is 2.89. The molecule has 3 heterocycles. The van der Waals surface area contributed by atoms with Crippen LogP contribution in [0.25, 0.3) is 0 Å². The zero-order valence-electron chi connectivity index (χ0n) is 12.8. The summed E-state index contributed by atoms with van der Waals surface area (Å²) in [7, 11) is 0. The molecule has 0 aromatic heterocycles. The average Bonchev–Trinajstić information content (AvgIpc) is 2.53. The summed E-state index contributed by atoms with van der Waals surface area (Å²) < 4.78 is 0. The summed E-state index contributed by atoms with van der Waals surface area (Å²) in [6, 6.07) is 11.2. The van der Waals surface area contributed by atoms with Gasteiger partial charge in [0.2, 0.25) is 5.91 Å². The maximum atomic E-state index is 12.4. The molecule has 0 radical (unpaired) electrons. The first-order valence-corrected chi connectivity index (χ1v) is 9.35. The van der Waals surface area contributed by atoms with Gasteiger partial charge in [-0.15, -0.1) is 0 Å². The van der Waals surface area contributed by atoms with Crippen LogP contribution in [0.4, 0.5) is 0 Å². The maximum Gasteiger partial charge on any atom is 0.236 e. The Bertz CT molecular complexity index is 537. The van der Waals surface area contributed by atoms with Crippen LogP contribution in [0, 0.1) is 11.8 Å². The van der Waals surface area contributed by atoms with Gasteiger partial charge < -0.3 is 4.90 Å². The molecule has 1 aromatic rings. The molecule has 0 spiro atoms. The minimum atomic E-state index is 0.0583. The molecule has 118 valence electrons. The minimum absolute atomic E-state index is 0.0583. The molecule has 1 amide bonds. The molecule has 3 atom stereocenters. The molecule has 4 heteroatoms. The van der Waals surface area contributed by atoms with Crippen LogP contribution in [0.1, 0.15) is 24.8 Å². The van der Waals surface area contributed by atoms with E-state index in [9.17, 15) is 4.79 Å². The maximum absolute atomic E-state index is 12.4. The van der Waals surface area contributed by atoms with Crippen molar-refractivity contribution in [2.75, 3.05) is 19.6 Å². The van der Waals surface area contributed by atoms with Crippen molar-refractivity contribution >= 4 is 21.8 Å². The van der Waals surface area contributed by atoms with Crippen molar-refractivity contribution in [3.8, 4) is 0 Å². The van der Waals surface area contributed by atoms with Gasteiger partial charge >= 0.3 is 0 Å². The van der Waals surface area contributed by atoms with E-state index in [1.165, 1.54) is 12.0 Å². The number of amides is 1. The summed E-state index contributed by atoms with van der Waals surface area (Å²) in [5.74, 6) is 1.70. The summed E-state index contributed by atoms with van der Waals surface area (Å²) in [5, 5.41) is 0. The first kappa shape index (κ1) is 14.7. The second kappa shape index (κ2) is 5.97. The van der Waals surface area contributed by atoms with Crippen molar-refractivity contribution in [1.82, 2.24) is 9.80 Å². The molecule has 22 heavy (non-hydrogen) atoms. The smallest absolute Gasteiger partial charge is 0.236 e. The fourth-order valence-electron chi connectivity index (χ4n) is 4.59. The summed E-state index contributed by atoms with van der Waals surface area (Å²) in [6.07, 6.45) is 3.45. The van der Waals surface area contributed by atoms with E-state index >= 15 is 0 Å². The number of hydrogen-bond acceptors (Lipinski definition) is 2. The Labute approximate surface area is 140 Å². The second-order valence-corrected chi connectivity index (χ2v) is 8.17. The fraction of sp³-hybridized carbons (Fsp3) is 0.611. The fourth-order valence-corrected chi connectivity index (χ4v) is 5.18. The third-order valence-electron chi connectivity index (χ3n) is 5.57. The number of carbonyl (C=O) groups excluding carboxylic acids is 1. The molecule has 3 nitrogen and oxygen atoms in total. The Morgan fingerprint density at radius 1 is 1.14 bits per heavy atom. The van der Waals surface area contributed by atoms with Crippen LogP contribution < -0.4 is 0 Å². The molecule has 3 unspecified atom stereocenters. The molecule has 4 fully saturated rings. The molecule has 3 aliphatic heterocycles. The van der Waals surface area contributed by atoms with Gasteiger partial charge in [0.1, 0.15) is 0 Å². The van der Waals surface area contributed by atoms with E-state index in [1.807, 2.05) is 0 Å². The number of alkyl halides is 1. The minimum Gasteiger partial charge on any atom is -0.338 e. The van der Waals surface area contributed by atoms with E-state index in [-0.39, 0.29) is 4.83 Å². The Kier molecular flexibility index (Phi) is 3.99. The van der Waals surface area contributed by atoms with Crippen molar-refractivity contribution in [2.45, 2.75) is 36.7 Å². The lowest BCUT2D eigenvalue weighted by Crippen LogP contribution is -2.66. The van der Waals surface area contributed by atoms with Crippen LogP contribution in [0.3, 0.4) is 0 Å². The van der Waals surface area contributed by atoms with E-state index in [0.29, 0.717) is 23.8 Å². The van der Waals surface area contributed by atoms with Gasteiger partial charge in [-0.1, -0.05) is 46.3 Å². The van der Waals surface area contributed by atoms with Gasteiger partial charge in [0, 0.05) is 32.2 Å². The molecule has 1 aromatic carbocycles. The van der Waals surface area contributed by atoms with Crippen molar-refractivity contribution in [1.29, 1.82) is 0 Å². The first-order chi connectivity index (χ1) is 10.7. The van der Waals surface area contributed by atoms with Crippen LogP contribution in [0.15, 0.2) is 30.3 Å². The second-order valence-electron chi connectivity index (χ2n) is 7.07. The average molecular weight is 363 g/mol. The van der Waals surface area contributed by atoms with Gasteiger partial charge in [-0.2, -0.15) is 0 Å². The Morgan fingerprint density at radius 2 is 1.86 bits per heavy atom. The molecule has 3 saturated heterocycles. The highest BCUT2D eigenvalue weighted by atomic mass is 79.9. The van der Waals surface area contributed by atoms with Gasteiger partial charge in [0.05, 0.1) is 4.83 Å². The topological polar surface area (TPSA) is 23.6 Å². The van der Waals surface area contributed by atoms with Gasteiger partial charge in [0.15, 0.2) is 0 Å². The lowest BCUT2D eigenvalue weighted by molar-refractivity contribution is -0.149. The molecule has 0 N–H and O–H groups in total. The van der Waals surface area contributed by atoms with Crippen molar-refractivity contribution in [3.05, 3.63) is 35.9 Å². The van der Waals surface area contributed by atoms with Crippen LogP contribution in [-0.4, -0.2) is 46.2 Å². The third-order valence-corrected chi connectivity index (χ3v) is 6.42. The largest absolute Gasteiger partial charge is 0.338 e. The van der Waals surface area contributed by atoms with Gasteiger partial charge in [-0.3, -0.25) is 9.69 Å². The Hall–Kier alpha value is -0.870. The summed E-state index contributed by atoms with van der Waals surface area (Å²) >= 11 is 3.55. The van der Waals surface area contributed by atoms with Crippen molar-refractivity contribution < 1.29 is 4.79 Å². The van der Waals surface area contributed by atoms with E-state index < -0.39 is 0 Å². The van der Waals surface area contributed by atoms with Crippen LogP contribution in [0.2, 0.25) is 0 Å². The number of likely N-dealkylation sites (tertiary alicyclic amines) is 1. The van der Waals surface area contributed by atoms with Gasteiger partial charge in [-0.05, 0) is 36.7 Å².